The van der Waals surface area contributed by atoms with Crippen molar-refractivity contribution in [2.75, 3.05) is 6.61 Å². The molecule has 1 unspecified atom stereocenters. The van der Waals surface area contributed by atoms with Crippen LogP contribution >= 0.6 is 0 Å². The van der Waals surface area contributed by atoms with Gasteiger partial charge in [-0.3, -0.25) is 9.59 Å². The minimum Gasteiger partial charge on any atom is -0.468 e. The molecule has 0 fully saturated rings. The molecule has 1 aromatic heterocycles. The predicted octanol–water partition coefficient (Wildman–Crippen LogP) is 2.73. The number of furan rings is 1. The lowest BCUT2D eigenvalue weighted by Gasteiger charge is -2.13. The SMILES string of the molecule is CCOC(=O)C(/C(C)=N/NC(=O)c1ccccc1)c1ccco1. The van der Waals surface area contributed by atoms with Crippen LogP contribution in [0.4, 0.5) is 0 Å². The molecule has 0 aliphatic heterocycles. The molecule has 0 saturated carbocycles. The second-order valence-electron chi connectivity index (χ2n) is 4.76. The third-order valence-electron chi connectivity index (χ3n) is 3.14. The highest BCUT2D eigenvalue weighted by Crippen LogP contribution is 2.20. The number of nitrogens with zero attached hydrogens (tertiary/aromatic N) is 1. The maximum Gasteiger partial charge on any atom is 0.322 e. The summed E-state index contributed by atoms with van der Waals surface area (Å²) in [7, 11) is 0. The zero-order valence-corrected chi connectivity index (χ0v) is 13.0. The lowest BCUT2D eigenvalue weighted by atomic mass is 10.0. The molecule has 120 valence electrons. The van der Waals surface area contributed by atoms with E-state index < -0.39 is 11.9 Å². The molecule has 2 rings (SSSR count). The molecule has 1 heterocycles. The van der Waals surface area contributed by atoms with Crippen LogP contribution in [0, 0.1) is 0 Å². The van der Waals surface area contributed by atoms with Crippen LogP contribution in [0.3, 0.4) is 0 Å². The third-order valence-corrected chi connectivity index (χ3v) is 3.14. The molecule has 6 heteroatoms. The molecule has 23 heavy (non-hydrogen) atoms. The van der Waals surface area contributed by atoms with Gasteiger partial charge in [0.15, 0.2) is 5.92 Å². The molecule has 0 saturated heterocycles. The number of rotatable bonds is 6. The minimum atomic E-state index is -0.791. The summed E-state index contributed by atoms with van der Waals surface area (Å²) in [5.41, 5.74) is 3.30. The summed E-state index contributed by atoms with van der Waals surface area (Å²) in [6.45, 7) is 3.61. The van der Waals surface area contributed by atoms with Crippen LogP contribution in [0.1, 0.15) is 35.9 Å². The van der Waals surface area contributed by atoms with Crippen molar-refractivity contribution < 1.29 is 18.7 Å². The van der Waals surface area contributed by atoms with Gasteiger partial charge in [-0.25, -0.2) is 5.43 Å². The number of carbonyl (C=O) groups excluding carboxylic acids is 2. The third kappa shape index (κ3) is 4.29. The van der Waals surface area contributed by atoms with E-state index >= 15 is 0 Å². The Morgan fingerprint density at radius 2 is 1.96 bits per heavy atom. The Labute approximate surface area is 134 Å². The van der Waals surface area contributed by atoms with Crippen LogP contribution < -0.4 is 5.43 Å². The van der Waals surface area contributed by atoms with E-state index in [0.29, 0.717) is 17.0 Å². The normalized spacial score (nSPS) is 12.5. The van der Waals surface area contributed by atoms with Gasteiger partial charge < -0.3 is 9.15 Å². The summed E-state index contributed by atoms with van der Waals surface area (Å²) >= 11 is 0. The van der Waals surface area contributed by atoms with E-state index in [1.54, 1.807) is 50.2 Å². The van der Waals surface area contributed by atoms with Gasteiger partial charge in [0.05, 0.1) is 18.6 Å². The van der Waals surface area contributed by atoms with Crippen molar-refractivity contribution in [3.63, 3.8) is 0 Å². The Kier molecular flexibility index (Phi) is 5.68. The molecule has 1 amide bonds. The van der Waals surface area contributed by atoms with Gasteiger partial charge >= 0.3 is 5.97 Å². The smallest absolute Gasteiger partial charge is 0.322 e. The van der Waals surface area contributed by atoms with Gasteiger partial charge in [0, 0.05) is 5.56 Å². The van der Waals surface area contributed by atoms with Crippen molar-refractivity contribution in [3.05, 3.63) is 60.1 Å². The van der Waals surface area contributed by atoms with Crippen LogP contribution in [-0.2, 0) is 9.53 Å². The van der Waals surface area contributed by atoms with Crippen LogP contribution in [0.2, 0.25) is 0 Å². The Bertz CT molecular complexity index is 678. The quantitative estimate of drug-likeness (QED) is 0.505. The van der Waals surface area contributed by atoms with Gasteiger partial charge in [-0.05, 0) is 38.1 Å². The fraction of sp³-hybridized carbons (Fsp3) is 0.235. The zero-order valence-electron chi connectivity index (χ0n) is 13.0. The summed E-state index contributed by atoms with van der Waals surface area (Å²) in [6.07, 6.45) is 1.47. The number of carbonyl (C=O) groups is 2. The monoisotopic (exact) mass is 314 g/mol. The molecule has 0 aliphatic rings. The molecule has 0 spiro atoms. The highest BCUT2D eigenvalue weighted by molar-refractivity contribution is 6.06. The van der Waals surface area contributed by atoms with Crippen molar-refractivity contribution >= 4 is 17.6 Å². The van der Waals surface area contributed by atoms with Crippen molar-refractivity contribution in [3.8, 4) is 0 Å². The van der Waals surface area contributed by atoms with E-state index in [0.717, 1.165) is 0 Å². The zero-order chi connectivity index (χ0) is 16.7. The lowest BCUT2D eigenvalue weighted by Crippen LogP contribution is -2.26. The molecule has 0 aliphatic carbocycles. The van der Waals surface area contributed by atoms with Gasteiger partial charge in [-0.15, -0.1) is 0 Å². The van der Waals surface area contributed by atoms with Crippen LogP contribution in [0.25, 0.3) is 0 Å². The van der Waals surface area contributed by atoms with Gasteiger partial charge in [-0.2, -0.15) is 5.10 Å². The van der Waals surface area contributed by atoms with E-state index in [1.807, 2.05) is 6.07 Å². The van der Waals surface area contributed by atoms with Crippen molar-refractivity contribution in [1.29, 1.82) is 0 Å². The second-order valence-corrected chi connectivity index (χ2v) is 4.76. The van der Waals surface area contributed by atoms with Crippen LogP contribution in [0.5, 0.6) is 0 Å². The van der Waals surface area contributed by atoms with E-state index in [2.05, 4.69) is 10.5 Å². The fourth-order valence-electron chi connectivity index (χ4n) is 2.03. The standard InChI is InChI=1S/C17H18N2O4/c1-3-22-17(21)15(14-10-7-11-23-14)12(2)18-19-16(20)13-8-5-4-6-9-13/h4-11,15H,3H2,1-2H3,(H,19,20)/b18-12+. The van der Waals surface area contributed by atoms with Gasteiger partial charge in [0.1, 0.15) is 5.76 Å². The average molecular weight is 314 g/mol. The Morgan fingerprint density at radius 1 is 1.22 bits per heavy atom. The molecular weight excluding hydrogens is 296 g/mol. The van der Waals surface area contributed by atoms with E-state index in [-0.39, 0.29) is 12.5 Å². The Morgan fingerprint density at radius 3 is 2.57 bits per heavy atom. The first kappa shape index (κ1) is 16.5. The first-order chi connectivity index (χ1) is 11.1. The number of esters is 1. The maximum absolute atomic E-state index is 12.1. The maximum atomic E-state index is 12.1. The Balaban J connectivity index is 2.15. The number of hydrazone groups is 1. The number of amides is 1. The van der Waals surface area contributed by atoms with Gasteiger partial charge in [0.2, 0.25) is 0 Å². The topological polar surface area (TPSA) is 80.9 Å². The summed E-state index contributed by atoms with van der Waals surface area (Å²) in [6, 6.07) is 12.0. The summed E-state index contributed by atoms with van der Waals surface area (Å²) < 4.78 is 10.3. The molecule has 0 bridgehead atoms. The van der Waals surface area contributed by atoms with E-state index in [4.69, 9.17) is 9.15 Å². The summed E-state index contributed by atoms with van der Waals surface area (Å²) in [5.74, 6) is -1.20. The molecule has 2 aromatic rings. The molecule has 6 nitrogen and oxygen atoms in total. The molecule has 0 radical (unpaired) electrons. The highest BCUT2D eigenvalue weighted by Gasteiger charge is 2.28. The largest absolute Gasteiger partial charge is 0.468 e. The number of ether oxygens (including phenoxy) is 1. The van der Waals surface area contributed by atoms with Gasteiger partial charge in [0.25, 0.3) is 5.91 Å². The Hall–Kier alpha value is -2.89. The van der Waals surface area contributed by atoms with Crippen molar-refractivity contribution in [2.45, 2.75) is 19.8 Å². The number of nitrogens with one attached hydrogen (secondary N) is 1. The number of hydrogen-bond acceptors (Lipinski definition) is 5. The fourth-order valence-corrected chi connectivity index (χ4v) is 2.03. The van der Waals surface area contributed by atoms with E-state index in [9.17, 15) is 9.59 Å². The van der Waals surface area contributed by atoms with Gasteiger partial charge in [-0.1, -0.05) is 18.2 Å². The summed E-state index contributed by atoms with van der Waals surface area (Å²) in [5, 5.41) is 4.02. The van der Waals surface area contributed by atoms with Crippen molar-refractivity contribution in [2.24, 2.45) is 5.10 Å². The molecule has 1 aromatic carbocycles. The molecular formula is C17H18N2O4. The molecule has 1 N–H and O–H groups in total. The van der Waals surface area contributed by atoms with E-state index in [1.165, 1.54) is 6.26 Å². The summed E-state index contributed by atoms with van der Waals surface area (Å²) in [4.78, 5) is 24.1. The van der Waals surface area contributed by atoms with Crippen LogP contribution in [-0.4, -0.2) is 24.2 Å². The lowest BCUT2D eigenvalue weighted by molar-refractivity contribution is -0.143. The number of hydrogen-bond donors (Lipinski definition) is 1. The highest BCUT2D eigenvalue weighted by atomic mass is 16.5. The second kappa shape index (κ2) is 7.93. The predicted molar refractivity (Wildman–Crippen MR) is 85.1 cm³/mol. The number of benzene rings is 1. The average Bonchev–Trinajstić information content (AvgIpc) is 3.08. The first-order valence-corrected chi connectivity index (χ1v) is 7.23. The molecule has 1 atom stereocenters. The minimum absolute atomic E-state index is 0.250. The first-order valence-electron chi connectivity index (χ1n) is 7.23. The van der Waals surface area contributed by atoms with Crippen LogP contribution in [0.15, 0.2) is 58.2 Å². The van der Waals surface area contributed by atoms with Crippen molar-refractivity contribution in [1.82, 2.24) is 5.43 Å².